The van der Waals surface area contributed by atoms with Gasteiger partial charge >= 0.3 is 12.0 Å². The normalized spacial score (nSPS) is 17.6. The van der Waals surface area contributed by atoms with Crippen LogP contribution >= 0.6 is 0 Å². The van der Waals surface area contributed by atoms with Crippen molar-refractivity contribution in [1.82, 2.24) is 10.2 Å². The number of halogens is 1. The molecule has 1 aromatic carbocycles. The highest BCUT2D eigenvalue weighted by Crippen LogP contribution is 2.31. The van der Waals surface area contributed by atoms with Crippen LogP contribution in [0.5, 0.6) is 0 Å². The second-order valence-corrected chi connectivity index (χ2v) is 4.87. The van der Waals surface area contributed by atoms with Crippen LogP contribution in [-0.4, -0.2) is 36.6 Å². The smallest absolute Gasteiger partial charge is 0.325 e. The van der Waals surface area contributed by atoms with Crippen LogP contribution in [0.2, 0.25) is 0 Å². The number of likely N-dealkylation sites (tertiary alicyclic amines) is 1. The van der Waals surface area contributed by atoms with Crippen LogP contribution in [-0.2, 0) is 9.53 Å². The van der Waals surface area contributed by atoms with Crippen LogP contribution in [0, 0.1) is 5.82 Å². The molecular weight excluding hydrogens is 275 g/mol. The van der Waals surface area contributed by atoms with Crippen molar-refractivity contribution in [2.75, 3.05) is 19.7 Å². The van der Waals surface area contributed by atoms with Crippen molar-refractivity contribution in [2.45, 2.75) is 25.8 Å². The van der Waals surface area contributed by atoms with Crippen molar-refractivity contribution in [3.05, 3.63) is 35.6 Å². The molecule has 0 saturated carbocycles. The van der Waals surface area contributed by atoms with Crippen molar-refractivity contribution >= 4 is 12.0 Å². The van der Waals surface area contributed by atoms with Gasteiger partial charge in [0.1, 0.15) is 12.4 Å². The molecule has 1 aromatic rings. The summed E-state index contributed by atoms with van der Waals surface area (Å²) in [7, 11) is 0. The van der Waals surface area contributed by atoms with Crippen LogP contribution < -0.4 is 5.32 Å². The van der Waals surface area contributed by atoms with E-state index in [9.17, 15) is 14.0 Å². The van der Waals surface area contributed by atoms with Crippen molar-refractivity contribution in [3.63, 3.8) is 0 Å². The number of urea groups is 1. The van der Waals surface area contributed by atoms with Gasteiger partial charge in [0, 0.05) is 6.54 Å². The molecule has 6 heteroatoms. The largest absolute Gasteiger partial charge is 0.465 e. The number of hydrogen-bond acceptors (Lipinski definition) is 3. The molecule has 1 atom stereocenters. The number of rotatable bonds is 4. The Morgan fingerprint density at radius 1 is 1.48 bits per heavy atom. The maximum Gasteiger partial charge on any atom is 0.325 e. The summed E-state index contributed by atoms with van der Waals surface area (Å²) < 4.78 is 18.1. The Kier molecular flexibility index (Phi) is 5.14. The molecular formula is C15H19FN2O3. The monoisotopic (exact) mass is 294 g/mol. The number of ether oxygens (including phenoxy) is 1. The lowest BCUT2D eigenvalue weighted by Gasteiger charge is -2.25. The van der Waals surface area contributed by atoms with E-state index in [1.165, 1.54) is 12.1 Å². The Bertz CT molecular complexity index is 521. The van der Waals surface area contributed by atoms with Crippen LogP contribution in [0.1, 0.15) is 31.4 Å². The van der Waals surface area contributed by atoms with Crippen molar-refractivity contribution in [2.24, 2.45) is 0 Å². The minimum Gasteiger partial charge on any atom is -0.465 e. The number of nitrogens with zero attached hydrogens (tertiary/aromatic N) is 1. The lowest BCUT2D eigenvalue weighted by molar-refractivity contribution is -0.141. The second kappa shape index (κ2) is 7.06. The highest BCUT2D eigenvalue weighted by molar-refractivity contribution is 5.81. The topological polar surface area (TPSA) is 58.6 Å². The molecule has 2 amide bonds. The molecule has 0 bridgehead atoms. The first-order chi connectivity index (χ1) is 10.1. The highest BCUT2D eigenvalue weighted by atomic mass is 19.1. The average molecular weight is 294 g/mol. The Balaban J connectivity index is 1.98. The summed E-state index contributed by atoms with van der Waals surface area (Å²) in [6.45, 7) is 2.43. The van der Waals surface area contributed by atoms with Gasteiger partial charge in [0.2, 0.25) is 0 Å². The summed E-state index contributed by atoms with van der Waals surface area (Å²) in [6.07, 6.45) is 1.64. The number of benzene rings is 1. The number of amides is 2. The molecule has 5 nitrogen and oxygen atoms in total. The van der Waals surface area contributed by atoms with Crippen LogP contribution in [0.4, 0.5) is 9.18 Å². The van der Waals surface area contributed by atoms with Crippen molar-refractivity contribution < 1.29 is 18.7 Å². The number of carbonyl (C=O) groups excluding carboxylic acids is 2. The summed E-state index contributed by atoms with van der Waals surface area (Å²) in [5.74, 6) is -0.779. The predicted octanol–water partition coefficient (Wildman–Crippen LogP) is 2.24. The molecule has 1 fully saturated rings. The van der Waals surface area contributed by atoms with Gasteiger partial charge in [0.25, 0.3) is 0 Å². The molecule has 0 spiro atoms. The Morgan fingerprint density at radius 2 is 2.29 bits per heavy atom. The predicted molar refractivity (Wildman–Crippen MR) is 75.1 cm³/mol. The minimum atomic E-state index is -0.465. The maximum absolute atomic E-state index is 13.3. The van der Waals surface area contributed by atoms with E-state index in [2.05, 4.69) is 5.32 Å². The van der Waals surface area contributed by atoms with Crippen LogP contribution in [0.25, 0.3) is 0 Å². The summed E-state index contributed by atoms with van der Waals surface area (Å²) >= 11 is 0. The molecule has 2 rings (SSSR count). The van der Waals surface area contributed by atoms with E-state index in [1.54, 1.807) is 17.9 Å². The molecule has 21 heavy (non-hydrogen) atoms. The maximum atomic E-state index is 13.3. The van der Waals surface area contributed by atoms with E-state index in [-0.39, 0.29) is 31.0 Å². The minimum absolute atomic E-state index is 0.150. The van der Waals surface area contributed by atoms with Crippen LogP contribution in [0.3, 0.4) is 0 Å². The summed E-state index contributed by atoms with van der Waals surface area (Å²) in [6, 6.07) is 5.80. The van der Waals surface area contributed by atoms with Crippen molar-refractivity contribution in [1.29, 1.82) is 0 Å². The van der Waals surface area contributed by atoms with Crippen LogP contribution in [0.15, 0.2) is 24.3 Å². The highest BCUT2D eigenvalue weighted by Gasteiger charge is 2.30. The molecule has 1 unspecified atom stereocenters. The molecule has 1 aliphatic rings. The summed E-state index contributed by atoms with van der Waals surface area (Å²) in [4.78, 5) is 25.0. The van der Waals surface area contributed by atoms with Gasteiger partial charge in [-0.05, 0) is 37.5 Å². The molecule has 1 saturated heterocycles. The van der Waals surface area contributed by atoms with Gasteiger partial charge in [-0.3, -0.25) is 4.79 Å². The second-order valence-electron chi connectivity index (χ2n) is 4.87. The number of esters is 1. The molecule has 0 aliphatic carbocycles. The zero-order valence-corrected chi connectivity index (χ0v) is 12.0. The van der Waals surface area contributed by atoms with Gasteiger partial charge in [-0.25, -0.2) is 9.18 Å². The lowest BCUT2D eigenvalue weighted by Crippen LogP contribution is -2.42. The van der Waals surface area contributed by atoms with E-state index in [0.717, 1.165) is 18.4 Å². The Morgan fingerprint density at radius 3 is 3.00 bits per heavy atom. The zero-order chi connectivity index (χ0) is 15.2. The fourth-order valence-electron chi connectivity index (χ4n) is 2.53. The fraction of sp³-hybridized carbons (Fsp3) is 0.467. The molecule has 1 N–H and O–H groups in total. The van der Waals surface area contributed by atoms with Crippen molar-refractivity contribution in [3.8, 4) is 0 Å². The van der Waals surface area contributed by atoms with Gasteiger partial charge in [0.15, 0.2) is 0 Å². The fourth-order valence-corrected chi connectivity index (χ4v) is 2.53. The van der Waals surface area contributed by atoms with E-state index in [0.29, 0.717) is 6.54 Å². The molecule has 0 radical (unpaired) electrons. The number of hydrogen-bond donors (Lipinski definition) is 1. The zero-order valence-electron chi connectivity index (χ0n) is 12.0. The molecule has 114 valence electrons. The Hall–Kier alpha value is -2.11. The summed E-state index contributed by atoms with van der Waals surface area (Å²) in [5.41, 5.74) is 0.777. The number of carbonyl (C=O) groups is 2. The van der Waals surface area contributed by atoms with E-state index in [4.69, 9.17) is 4.74 Å². The first kappa shape index (κ1) is 15.3. The Labute approximate surface area is 123 Å². The quantitative estimate of drug-likeness (QED) is 0.866. The average Bonchev–Trinajstić information content (AvgIpc) is 2.94. The van der Waals surface area contributed by atoms with E-state index in [1.807, 2.05) is 6.07 Å². The van der Waals surface area contributed by atoms with E-state index >= 15 is 0 Å². The summed E-state index contributed by atoms with van der Waals surface area (Å²) in [5, 5.41) is 2.54. The van der Waals surface area contributed by atoms with E-state index < -0.39 is 5.97 Å². The van der Waals surface area contributed by atoms with Gasteiger partial charge in [-0.15, -0.1) is 0 Å². The van der Waals surface area contributed by atoms with Gasteiger partial charge < -0.3 is 15.0 Å². The third kappa shape index (κ3) is 3.93. The number of nitrogens with one attached hydrogen (secondary N) is 1. The third-order valence-corrected chi connectivity index (χ3v) is 3.44. The van der Waals surface area contributed by atoms with Gasteiger partial charge in [0.05, 0.1) is 12.6 Å². The standard InChI is InChI=1S/C15H19FN2O3/c1-2-21-14(19)10-17-15(20)18-8-4-7-13(18)11-5-3-6-12(16)9-11/h3,5-6,9,13H,2,4,7-8,10H2,1H3,(H,17,20). The van der Waals surface area contributed by atoms with Gasteiger partial charge in [-0.1, -0.05) is 12.1 Å². The van der Waals surface area contributed by atoms with Gasteiger partial charge in [-0.2, -0.15) is 0 Å². The SMILES string of the molecule is CCOC(=O)CNC(=O)N1CCCC1c1cccc(F)c1. The molecule has 1 aliphatic heterocycles. The first-order valence-corrected chi connectivity index (χ1v) is 7.07. The first-order valence-electron chi connectivity index (χ1n) is 7.07. The lowest BCUT2D eigenvalue weighted by atomic mass is 10.0. The molecule has 0 aromatic heterocycles. The molecule has 1 heterocycles. The third-order valence-electron chi connectivity index (χ3n) is 3.44.